The van der Waals surface area contributed by atoms with E-state index < -0.39 is 7.94 Å². The van der Waals surface area contributed by atoms with Gasteiger partial charge >= 0.3 is 0 Å². The van der Waals surface area contributed by atoms with Crippen molar-refractivity contribution in [3.05, 3.63) is 144 Å². The maximum absolute atomic E-state index is 2.67. The lowest BCUT2D eigenvalue weighted by molar-refractivity contribution is 0.684. The highest BCUT2D eigenvalue weighted by Crippen LogP contribution is 2.32. The first kappa shape index (κ1) is 38.0. The van der Waals surface area contributed by atoms with E-state index in [1.54, 1.807) is 0 Å². The number of unbranched alkanes of at least 4 members (excludes halogenated alkanes) is 6. The van der Waals surface area contributed by atoms with Crippen LogP contribution in [-0.2, 0) is 0 Å². The number of allylic oxidation sites excluding steroid dienone is 6. The van der Waals surface area contributed by atoms with Gasteiger partial charge in [0.2, 0.25) is 0 Å². The van der Waals surface area contributed by atoms with Gasteiger partial charge in [-0.25, -0.2) is 0 Å². The van der Waals surface area contributed by atoms with Gasteiger partial charge in [-0.05, 0) is 53.5 Å². The molecule has 1 heterocycles. The fourth-order valence-electron chi connectivity index (χ4n) is 6.78. The Labute approximate surface area is 300 Å². The van der Waals surface area contributed by atoms with Crippen LogP contribution in [-0.4, -0.2) is 21.9 Å². The van der Waals surface area contributed by atoms with Crippen LogP contribution >= 0.6 is 0 Å². The summed E-state index contributed by atoms with van der Waals surface area (Å²) in [6, 6.07) is 35.5. The van der Waals surface area contributed by atoms with E-state index in [9.17, 15) is 0 Å². The van der Waals surface area contributed by atoms with Crippen molar-refractivity contribution in [3.8, 4) is 0 Å². The Bertz CT molecular complexity index is 1700. The molecule has 0 unspecified atom stereocenters. The lowest BCUT2D eigenvalue weighted by atomic mass is 9.94. The topological polar surface area (TPSA) is 3.24 Å². The second-order valence-corrected chi connectivity index (χ2v) is 18.8. The SMILES string of the molecule is CC(C=Cc1ccc(C)c2ccccc12)=CC=C1C=CN(C)c2ccccc21.CCCCCC[Si](C)([B]c1ccccc1)CCCCCC. The molecule has 0 fully saturated rings. The first-order valence-electron chi connectivity index (χ1n) is 18.8. The fraction of sp³-hybridized carbons (Fsp3) is 0.348. The molecule has 0 spiro atoms. The van der Waals surface area contributed by atoms with E-state index >= 15 is 0 Å². The van der Waals surface area contributed by atoms with Gasteiger partial charge in [0.15, 0.2) is 0 Å². The largest absolute Gasteiger partial charge is 0.351 e. The Kier molecular flexibility index (Phi) is 15.5. The van der Waals surface area contributed by atoms with Gasteiger partial charge in [-0.2, -0.15) is 0 Å². The lowest BCUT2D eigenvalue weighted by Gasteiger charge is -2.27. The second kappa shape index (κ2) is 20.0. The molecule has 0 aromatic heterocycles. The molecule has 4 aromatic rings. The monoisotopic (exact) mass is 664 g/mol. The number of benzene rings is 4. The predicted molar refractivity (Wildman–Crippen MR) is 225 cm³/mol. The first-order valence-corrected chi connectivity index (χ1v) is 21.8. The molecule has 0 N–H and O–H groups in total. The summed E-state index contributed by atoms with van der Waals surface area (Å²) in [5, 5.41) is 2.62. The van der Waals surface area contributed by atoms with Crippen molar-refractivity contribution in [2.24, 2.45) is 0 Å². The molecule has 0 saturated heterocycles. The van der Waals surface area contributed by atoms with Crippen molar-refractivity contribution < 1.29 is 0 Å². The zero-order valence-corrected chi connectivity index (χ0v) is 32.2. The summed E-state index contributed by atoms with van der Waals surface area (Å²) < 4.78 is 0. The predicted octanol–water partition coefficient (Wildman–Crippen LogP) is 12.9. The molecule has 3 heteroatoms. The molecule has 1 aliphatic rings. The van der Waals surface area contributed by atoms with Gasteiger partial charge in [0.05, 0.1) is 0 Å². The van der Waals surface area contributed by atoms with Gasteiger partial charge in [0.25, 0.3) is 0 Å². The maximum Gasteiger partial charge on any atom is 0.144 e. The third-order valence-corrected chi connectivity index (χ3v) is 13.8. The van der Waals surface area contributed by atoms with Crippen molar-refractivity contribution in [3.63, 3.8) is 0 Å². The summed E-state index contributed by atoms with van der Waals surface area (Å²) in [7, 11) is 0.870. The number of nitrogens with zero attached hydrogens (tertiary/aromatic N) is 1. The van der Waals surface area contributed by atoms with Crippen LogP contribution in [0.2, 0.25) is 18.6 Å². The molecule has 0 atom stereocenters. The summed E-state index contributed by atoms with van der Waals surface area (Å²) in [5.74, 6) is 0. The normalized spacial score (nSPS) is 13.9. The van der Waals surface area contributed by atoms with E-state index in [2.05, 4.69) is 181 Å². The summed E-state index contributed by atoms with van der Waals surface area (Å²) in [4.78, 5) is 2.16. The average molecular weight is 665 g/mol. The second-order valence-electron chi connectivity index (χ2n) is 14.2. The number of hydrogen-bond acceptors (Lipinski definition) is 1. The van der Waals surface area contributed by atoms with Crippen LogP contribution in [0.15, 0.2) is 127 Å². The first-order chi connectivity index (χ1) is 23.8. The standard InChI is InChI=1S/C27H25N.C19H34BSi/c1-20(12-15-22-17-14-21(2)24-8-4-5-9-25(22)24)13-16-23-18-19-28(3)27-11-7-6-10-26(23)27;1-4-6-8-13-17-21(3,18-14-9-7-5-2)20-19-15-11-10-12-16-19/h4-19H,1-3H3;10-12,15-16H,4-9,13-14,17-18H2,1-3H3. The summed E-state index contributed by atoms with van der Waals surface area (Å²) in [5.41, 5.74) is 9.00. The zero-order valence-electron chi connectivity index (χ0n) is 31.2. The molecule has 0 bridgehead atoms. The van der Waals surface area contributed by atoms with Crippen molar-refractivity contribution in [2.45, 2.75) is 97.7 Å². The molecule has 5 rings (SSSR count). The molecular weight excluding hydrogens is 605 g/mol. The molecule has 1 nitrogen and oxygen atoms in total. The Morgan fingerprint density at radius 1 is 0.735 bits per heavy atom. The highest BCUT2D eigenvalue weighted by atomic mass is 28.3. The molecule has 1 aliphatic heterocycles. The number of aryl methyl sites for hydroxylation is 1. The number of anilines is 1. The number of para-hydroxylation sites is 1. The maximum atomic E-state index is 2.67. The summed E-state index contributed by atoms with van der Waals surface area (Å²) in [6.07, 6.45) is 24.3. The van der Waals surface area contributed by atoms with Crippen molar-refractivity contribution in [1.29, 1.82) is 0 Å². The molecule has 0 saturated carbocycles. The smallest absolute Gasteiger partial charge is 0.144 e. The third kappa shape index (κ3) is 11.9. The third-order valence-electron chi connectivity index (χ3n) is 9.82. The minimum absolute atomic E-state index is 1.22. The van der Waals surface area contributed by atoms with Gasteiger partial charge in [0.1, 0.15) is 6.87 Å². The lowest BCUT2D eigenvalue weighted by Crippen LogP contribution is -2.44. The van der Waals surface area contributed by atoms with Gasteiger partial charge in [-0.15, -0.1) is 0 Å². The van der Waals surface area contributed by atoms with Crippen LogP contribution in [0.3, 0.4) is 0 Å². The minimum Gasteiger partial charge on any atom is -0.351 e. The van der Waals surface area contributed by atoms with E-state index in [0.29, 0.717) is 0 Å². The van der Waals surface area contributed by atoms with E-state index in [1.165, 1.54) is 113 Å². The van der Waals surface area contributed by atoms with E-state index in [0.717, 1.165) is 0 Å². The van der Waals surface area contributed by atoms with Gasteiger partial charge in [-0.1, -0.05) is 204 Å². The highest BCUT2D eigenvalue weighted by Gasteiger charge is 2.27. The van der Waals surface area contributed by atoms with Crippen LogP contribution < -0.4 is 10.4 Å². The average Bonchev–Trinajstić information content (AvgIpc) is 3.12. The van der Waals surface area contributed by atoms with Gasteiger partial charge in [-0.3, -0.25) is 0 Å². The van der Waals surface area contributed by atoms with Crippen LogP contribution in [0.5, 0.6) is 0 Å². The van der Waals surface area contributed by atoms with Gasteiger partial charge < -0.3 is 4.90 Å². The van der Waals surface area contributed by atoms with Crippen LogP contribution in [0.4, 0.5) is 5.69 Å². The highest BCUT2D eigenvalue weighted by molar-refractivity contribution is 7.28. The van der Waals surface area contributed by atoms with Crippen LogP contribution in [0.1, 0.15) is 88.8 Å². The Morgan fingerprint density at radius 2 is 1.37 bits per heavy atom. The number of hydrogen-bond donors (Lipinski definition) is 0. The van der Waals surface area contributed by atoms with Gasteiger partial charge in [0, 0.05) is 32.4 Å². The van der Waals surface area contributed by atoms with Crippen molar-refractivity contribution in [2.75, 3.05) is 11.9 Å². The van der Waals surface area contributed by atoms with E-state index in [4.69, 9.17) is 0 Å². The molecule has 0 aliphatic carbocycles. The van der Waals surface area contributed by atoms with E-state index in [1.807, 2.05) is 0 Å². The van der Waals surface area contributed by atoms with Crippen LogP contribution in [0, 0.1) is 6.92 Å². The zero-order chi connectivity index (χ0) is 34.9. The molecule has 4 aromatic carbocycles. The van der Waals surface area contributed by atoms with E-state index in [-0.39, 0.29) is 0 Å². The van der Waals surface area contributed by atoms with Crippen molar-refractivity contribution >= 4 is 48.4 Å². The molecular formula is C46H59BNSi. The summed E-state index contributed by atoms with van der Waals surface area (Å²) >= 11 is 0. The molecule has 0 amide bonds. The quantitative estimate of drug-likeness (QED) is 0.0694. The minimum atomic E-state index is -1.22. The molecule has 49 heavy (non-hydrogen) atoms. The molecule has 255 valence electrons. The Morgan fingerprint density at radius 3 is 2.06 bits per heavy atom. The fourth-order valence-corrected chi connectivity index (χ4v) is 10.4. The Hall–Kier alpha value is -3.82. The number of fused-ring (bicyclic) bond motifs is 2. The molecule has 1 radical (unpaired) electrons. The van der Waals surface area contributed by atoms with Crippen molar-refractivity contribution in [1.82, 2.24) is 0 Å². The number of rotatable bonds is 15. The summed E-state index contributed by atoms with van der Waals surface area (Å²) in [6.45, 7) is 14.2. The Balaban J connectivity index is 0.000000232. The van der Waals surface area contributed by atoms with Crippen LogP contribution in [0.25, 0.3) is 22.4 Å².